The molecule has 0 nitrogen and oxygen atoms in total. The van der Waals surface area contributed by atoms with Gasteiger partial charge in [-0.1, -0.05) is 100 Å². The first-order valence-electron chi connectivity index (χ1n) is 17.8. The monoisotopic (exact) mass is 704 g/mol. The SMILES string of the molecule is Cc1ccc(C#Cc2c(C)cc(C#Cc3cc(F)c(C)c(F)c3)cc2C)cc1.Cc1ccc(C#Cc2cc(C)c(C#Cc3ccc(C)cc3)c(C)c2)cc1. The van der Waals surface area contributed by atoms with Crippen LogP contribution in [0.25, 0.3) is 0 Å². The lowest BCUT2D eigenvalue weighted by Crippen LogP contribution is -1.92. The minimum Gasteiger partial charge on any atom is -0.207 e. The minimum absolute atomic E-state index is 0.00810. The van der Waals surface area contributed by atoms with Crippen LogP contribution < -0.4 is 0 Å². The first-order valence-corrected chi connectivity index (χ1v) is 17.8. The average molecular weight is 705 g/mol. The van der Waals surface area contributed by atoms with Gasteiger partial charge in [0, 0.05) is 50.1 Å². The quantitative estimate of drug-likeness (QED) is 0.138. The smallest absolute Gasteiger partial charge is 0.130 e. The molecule has 0 saturated carbocycles. The second-order valence-electron chi connectivity index (χ2n) is 13.6. The van der Waals surface area contributed by atoms with E-state index in [1.165, 1.54) is 35.7 Å². The van der Waals surface area contributed by atoms with Crippen LogP contribution in [-0.4, -0.2) is 0 Å². The highest BCUT2D eigenvalue weighted by molar-refractivity contribution is 5.57. The summed E-state index contributed by atoms with van der Waals surface area (Å²) in [7, 11) is 0. The van der Waals surface area contributed by atoms with Crippen LogP contribution in [0.3, 0.4) is 0 Å². The van der Waals surface area contributed by atoms with Crippen molar-refractivity contribution < 1.29 is 8.78 Å². The largest absolute Gasteiger partial charge is 0.207 e. The summed E-state index contributed by atoms with van der Waals surface area (Å²) in [5.74, 6) is 24.2. The first-order chi connectivity index (χ1) is 25.8. The molecule has 0 atom stereocenters. The van der Waals surface area contributed by atoms with Crippen molar-refractivity contribution in [3.63, 3.8) is 0 Å². The Kier molecular flexibility index (Phi) is 12.7. The molecular weight excluding hydrogens is 663 g/mol. The van der Waals surface area contributed by atoms with Crippen LogP contribution in [0.5, 0.6) is 0 Å². The molecule has 0 aliphatic rings. The molecule has 0 bridgehead atoms. The van der Waals surface area contributed by atoms with Crippen LogP contribution in [0.1, 0.15) is 89.0 Å². The summed E-state index contributed by atoms with van der Waals surface area (Å²) in [6, 6.07) is 35.3. The van der Waals surface area contributed by atoms with Crippen molar-refractivity contribution >= 4 is 0 Å². The molecule has 6 aromatic rings. The zero-order valence-electron chi connectivity index (χ0n) is 32.1. The van der Waals surface area contributed by atoms with Gasteiger partial charge in [0.2, 0.25) is 0 Å². The first kappa shape index (κ1) is 38.6. The summed E-state index contributed by atoms with van der Waals surface area (Å²) < 4.78 is 27.3. The Morgan fingerprint density at radius 2 is 0.537 bits per heavy atom. The minimum atomic E-state index is -0.585. The van der Waals surface area contributed by atoms with Crippen LogP contribution in [0.4, 0.5) is 8.78 Å². The van der Waals surface area contributed by atoms with Crippen LogP contribution in [0.15, 0.2) is 109 Å². The standard InChI is InChI=1S/C26H20F2.C26H22/c1-17-5-7-21(8-6-17)11-12-24-18(2)13-22(14-19(24)3)9-10-23-15-25(27)20(4)26(28)16-23;1-19-5-9-23(10-6-19)13-14-25-17-21(3)26(22(4)18-25)16-15-24-11-7-20(2)8-12-24/h5-8,13-16H,1-4H3;5-12,17-18H,1-4H3. The third-order valence-corrected chi connectivity index (χ3v) is 8.87. The molecule has 0 aliphatic heterocycles. The van der Waals surface area contributed by atoms with E-state index in [9.17, 15) is 8.78 Å². The van der Waals surface area contributed by atoms with Gasteiger partial charge in [-0.15, -0.1) is 0 Å². The van der Waals surface area contributed by atoms with Gasteiger partial charge < -0.3 is 0 Å². The molecule has 6 rings (SSSR count). The maximum atomic E-state index is 13.7. The third kappa shape index (κ3) is 10.7. The topological polar surface area (TPSA) is 0 Å². The zero-order valence-corrected chi connectivity index (χ0v) is 32.1. The second-order valence-corrected chi connectivity index (χ2v) is 13.6. The highest BCUT2D eigenvalue weighted by Gasteiger charge is 2.06. The van der Waals surface area contributed by atoms with E-state index in [0.717, 1.165) is 61.2 Å². The number of rotatable bonds is 0. The summed E-state index contributed by atoms with van der Waals surface area (Å²) in [6.07, 6.45) is 0. The lowest BCUT2D eigenvalue weighted by atomic mass is 9.99. The van der Waals surface area contributed by atoms with Gasteiger partial charge in [0.1, 0.15) is 11.6 Å². The molecular formula is C52H42F2. The summed E-state index contributed by atoms with van der Waals surface area (Å²) in [4.78, 5) is 0. The lowest BCUT2D eigenvalue weighted by molar-refractivity contribution is 0.567. The van der Waals surface area contributed by atoms with E-state index < -0.39 is 11.6 Å². The Labute approximate surface area is 320 Å². The number of aryl methyl sites for hydroxylation is 7. The summed E-state index contributed by atoms with van der Waals surface area (Å²) in [5, 5.41) is 0. The Morgan fingerprint density at radius 3 is 0.833 bits per heavy atom. The molecule has 0 radical (unpaired) electrons. The maximum Gasteiger partial charge on any atom is 0.130 e. The maximum absolute atomic E-state index is 13.7. The lowest BCUT2D eigenvalue weighted by Gasteiger charge is -2.04. The Morgan fingerprint density at radius 1 is 0.296 bits per heavy atom. The fraction of sp³-hybridized carbons (Fsp3) is 0.154. The van der Waals surface area contributed by atoms with Gasteiger partial charge in [-0.2, -0.15) is 0 Å². The fourth-order valence-electron chi connectivity index (χ4n) is 5.65. The second kappa shape index (κ2) is 17.8. The van der Waals surface area contributed by atoms with E-state index in [2.05, 4.69) is 136 Å². The molecule has 0 fully saturated rings. The normalized spacial score (nSPS) is 9.81. The molecule has 0 heterocycles. The molecule has 54 heavy (non-hydrogen) atoms. The third-order valence-electron chi connectivity index (χ3n) is 8.87. The Bertz CT molecular complexity index is 2500. The van der Waals surface area contributed by atoms with E-state index in [4.69, 9.17) is 0 Å². The molecule has 264 valence electrons. The summed E-state index contributed by atoms with van der Waals surface area (Å²) in [6.45, 7) is 15.8. The van der Waals surface area contributed by atoms with E-state index in [0.29, 0.717) is 5.56 Å². The molecule has 0 saturated heterocycles. The molecule has 0 unspecified atom stereocenters. The van der Waals surface area contributed by atoms with Crippen LogP contribution in [0, 0.1) is 114 Å². The van der Waals surface area contributed by atoms with Crippen molar-refractivity contribution in [1.29, 1.82) is 0 Å². The van der Waals surface area contributed by atoms with Crippen molar-refractivity contribution in [3.8, 4) is 47.4 Å². The van der Waals surface area contributed by atoms with Crippen molar-refractivity contribution in [2.75, 3.05) is 0 Å². The molecule has 0 aliphatic carbocycles. The zero-order chi connectivity index (χ0) is 38.8. The van der Waals surface area contributed by atoms with Gasteiger partial charge in [0.25, 0.3) is 0 Å². The van der Waals surface area contributed by atoms with Gasteiger partial charge in [-0.25, -0.2) is 8.78 Å². The fourth-order valence-corrected chi connectivity index (χ4v) is 5.65. The number of hydrogen-bond acceptors (Lipinski definition) is 0. The molecule has 2 heteroatoms. The van der Waals surface area contributed by atoms with Crippen molar-refractivity contribution in [3.05, 3.63) is 210 Å². The predicted molar refractivity (Wildman–Crippen MR) is 220 cm³/mol. The highest BCUT2D eigenvalue weighted by atomic mass is 19.1. The van der Waals surface area contributed by atoms with E-state index in [1.807, 2.05) is 57.2 Å². The van der Waals surface area contributed by atoms with Gasteiger partial charge in [0.15, 0.2) is 0 Å². The molecule has 0 spiro atoms. The average Bonchev–Trinajstić information content (AvgIpc) is 3.14. The van der Waals surface area contributed by atoms with Crippen LogP contribution >= 0.6 is 0 Å². The number of hydrogen-bond donors (Lipinski definition) is 0. The highest BCUT2D eigenvalue weighted by Crippen LogP contribution is 2.18. The van der Waals surface area contributed by atoms with Gasteiger partial charge in [-0.3, -0.25) is 0 Å². The van der Waals surface area contributed by atoms with E-state index in [1.54, 1.807) is 0 Å². The Hall–Kier alpha value is -6.58. The molecule has 0 amide bonds. The van der Waals surface area contributed by atoms with Gasteiger partial charge in [-0.05, 0) is 150 Å². The van der Waals surface area contributed by atoms with Crippen LogP contribution in [-0.2, 0) is 0 Å². The molecule has 0 aromatic heterocycles. The van der Waals surface area contributed by atoms with E-state index in [-0.39, 0.29) is 5.56 Å². The van der Waals surface area contributed by atoms with Gasteiger partial charge in [0.05, 0.1) is 0 Å². The Balaban J connectivity index is 0.000000208. The van der Waals surface area contributed by atoms with Crippen molar-refractivity contribution in [1.82, 2.24) is 0 Å². The van der Waals surface area contributed by atoms with Crippen molar-refractivity contribution in [2.24, 2.45) is 0 Å². The summed E-state index contributed by atoms with van der Waals surface area (Å²) >= 11 is 0. The molecule has 6 aromatic carbocycles. The van der Waals surface area contributed by atoms with E-state index >= 15 is 0 Å². The van der Waals surface area contributed by atoms with Gasteiger partial charge >= 0.3 is 0 Å². The van der Waals surface area contributed by atoms with Crippen molar-refractivity contribution in [2.45, 2.75) is 55.4 Å². The summed E-state index contributed by atoms with van der Waals surface area (Å²) in [5.41, 5.74) is 15.3. The number of benzene rings is 6. The number of halogens is 2. The predicted octanol–water partition coefficient (Wildman–Crippen LogP) is 11.7. The van der Waals surface area contributed by atoms with Crippen LogP contribution in [0.2, 0.25) is 0 Å². The molecule has 0 N–H and O–H groups in total.